The van der Waals surface area contributed by atoms with E-state index in [0.29, 0.717) is 11.9 Å². The summed E-state index contributed by atoms with van der Waals surface area (Å²) >= 11 is 0. The Morgan fingerprint density at radius 3 is 2.79 bits per heavy atom. The highest BCUT2D eigenvalue weighted by molar-refractivity contribution is 5.86. The van der Waals surface area contributed by atoms with Crippen molar-refractivity contribution >= 4 is 11.8 Å². The predicted molar refractivity (Wildman–Crippen MR) is 50.0 cm³/mol. The number of methoxy groups -OCH3 is 1. The summed E-state index contributed by atoms with van der Waals surface area (Å²) < 4.78 is 4.51. The van der Waals surface area contributed by atoms with Gasteiger partial charge in [0.1, 0.15) is 5.82 Å². The van der Waals surface area contributed by atoms with Gasteiger partial charge in [0.2, 0.25) is 0 Å². The number of aromatic nitrogens is 2. The molecule has 0 amide bonds. The van der Waals surface area contributed by atoms with E-state index in [9.17, 15) is 4.79 Å². The number of esters is 1. The average molecular weight is 193 g/mol. The molecule has 1 aliphatic carbocycles. The summed E-state index contributed by atoms with van der Waals surface area (Å²) in [6.07, 6.45) is 5.32. The molecule has 14 heavy (non-hydrogen) atoms. The SMILES string of the molecule is COC(=O)c1cnc(NC2CC2)cn1. The Labute approximate surface area is 81.5 Å². The molecular weight excluding hydrogens is 182 g/mol. The van der Waals surface area contributed by atoms with E-state index in [0.717, 1.165) is 0 Å². The van der Waals surface area contributed by atoms with E-state index in [-0.39, 0.29) is 5.69 Å². The smallest absolute Gasteiger partial charge is 0.358 e. The van der Waals surface area contributed by atoms with Crippen molar-refractivity contribution in [3.05, 3.63) is 18.1 Å². The second-order valence-corrected chi connectivity index (χ2v) is 3.20. The number of rotatable bonds is 3. The van der Waals surface area contributed by atoms with Crippen LogP contribution in [0.1, 0.15) is 23.3 Å². The van der Waals surface area contributed by atoms with E-state index in [1.54, 1.807) is 6.20 Å². The van der Waals surface area contributed by atoms with Gasteiger partial charge in [-0.3, -0.25) is 0 Å². The molecule has 0 aliphatic heterocycles. The van der Waals surface area contributed by atoms with E-state index >= 15 is 0 Å². The highest BCUT2D eigenvalue weighted by Gasteiger charge is 2.21. The van der Waals surface area contributed by atoms with Gasteiger partial charge in [-0.15, -0.1) is 0 Å². The Balaban J connectivity index is 2.04. The number of nitrogens with one attached hydrogen (secondary N) is 1. The van der Waals surface area contributed by atoms with E-state index in [4.69, 9.17) is 0 Å². The van der Waals surface area contributed by atoms with Crippen LogP contribution >= 0.6 is 0 Å². The van der Waals surface area contributed by atoms with Gasteiger partial charge in [-0.25, -0.2) is 14.8 Å². The lowest BCUT2D eigenvalue weighted by molar-refractivity contribution is 0.0593. The number of ether oxygens (including phenoxy) is 1. The van der Waals surface area contributed by atoms with Crippen LogP contribution in [-0.2, 0) is 4.74 Å². The summed E-state index contributed by atoms with van der Waals surface area (Å²) in [5, 5.41) is 3.17. The molecule has 5 heteroatoms. The van der Waals surface area contributed by atoms with Gasteiger partial charge in [0, 0.05) is 6.04 Å². The van der Waals surface area contributed by atoms with E-state index in [1.807, 2.05) is 0 Å². The molecule has 1 fully saturated rings. The molecule has 0 radical (unpaired) electrons. The first-order valence-corrected chi connectivity index (χ1v) is 4.46. The Kier molecular flexibility index (Phi) is 2.30. The van der Waals surface area contributed by atoms with Crippen LogP contribution in [0.3, 0.4) is 0 Å². The topological polar surface area (TPSA) is 64.1 Å². The number of nitrogens with zero attached hydrogens (tertiary/aromatic N) is 2. The van der Waals surface area contributed by atoms with Gasteiger partial charge in [-0.2, -0.15) is 0 Å². The van der Waals surface area contributed by atoms with Crippen molar-refractivity contribution in [2.75, 3.05) is 12.4 Å². The van der Waals surface area contributed by atoms with Crippen LogP contribution in [0.25, 0.3) is 0 Å². The molecule has 1 aliphatic rings. The zero-order chi connectivity index (χ0) is 9.97. The van der Waals surface area contributed by atoms with Crippen LogP contribution in [0.2, 0.25) is 0 Å². The molecule has 0 bridgehead atoms. The zero-order valence-electron chi connectivity index (χ0n) is 7.86. The number of hydrogen-bond donors (Lipinski definition) is 1. The molecule has 0 aromatic carbocycles. The highest BCUT2D eigenvalue weighted by atomic mass is 16.5. The second-order valence-electron chi connectivity index (χ2n) is 3.20. The number of carbonyl (C=O) groups is 1. The van der Waals surface area contributed by atoms with Crippen molar-refractivity contribution in [2.24, 2.45) is 0 Å². The van der Waals surface area contributed by atoms with Gasteiger partial charge >= 0.3 is 5.97 Å². The molecule has 0 spiro atoms. The molecule has 0 atom stereocenters. The molecule has 1 heterocycles. The molecule has 1 saturated carbocycles. The van der Waals surface area contributed by atoms with Crippen molar-refractivity contribution in [3.63, 3.8) is 0 Å². The lowest BCUT2D eigenvalue weighted by atomic mass is 10.4. The molecule has 2 rings (SSSR count). The van der Waals surface area contributed by atoms with Gasteiger partial charge in [0.15, 0.2) is 5.69 Å². The first-order valence-electron chi connectivity index (χ1n) is 4.46. The molecular formula is C9H11N3O2. The molecule has 0 unspecified atom stereocenters. The maximum absolute atomic E-state index is 11.0. The maximum atomic E-state index is 11.0. The second kappa shape index (κ2) is 3.61. The third kappa shape index (κ3) is 1.99. The summed E-state index contributed by atoms with van der Waals surface area (Å²) in [4.78, 5) is 19.0. The molecule has 1 N–H and O–H groups in total. The van der Waals surface area contributed by atoms with Gasteiger partial charge in [0.05, 0.1) is 19.5 Å². The highest BCUT2D eigenvalue weighted by Crippen LogP contribution is 2.22. The average Bonchev–Trinajstić information content (AvgIpc) is 3.02. The number of carbonyl (C=O) groups excluding carboxylic acids is 1. The lowest BCUT2D eigenvalue weighted by Crippen LogP contribution is -2.08. The van der Waals surface area contributed by atoms with E-state index in [2.05, 4.69) is 20.0 Å². The van der Waals surface area contributed by atoms with Crippen LogP contribution in [0.15, 0.2) is 12.4 Å². The summed E-state index contributed by atoms with van der Waals surface area (Å²) in [6.45, 7) is 0. The third-order valence-corrected chi connectivity index (χ3v) is 1.98. The maximum Gasteiger partial charge on any atom is 0.358 e. The Morgan fingerprint density at radius 1 is 1.50 bits per heavy atom. The predicted octanol–water partition coefficient (Wildman–Crippen LogP) is 0.837. The fraction of sp³-hybridized carbons (Fsp3) is 0.444. The van der Waals surface area contributed by atoms with Crippen molar-refractivity contribution in [3.8, 4) is 0 Å². The molecule has 1 aromatic heterocycles. The Hall–Kier alpha value is -1.65. The monoisotopic (exact) mass is 193 g/mol. The number of anilines is 1. The number of hydrogen-bond acceptors (Lipinski definition) is 5. The fourth-order valence-electron chi connectivity index (χ4n) is 1.05. The molecule has 5 nitrogen and oxygen atoms in total. The normalized spacial score (nSPS) is 14.9. The van der Waals surface area contributed by atoms with Crippen molar-refractivity contribution < 1.29 is 9.53 Å². The lowest BCUT2D eigenvalue weighted by Gasteiger charge is -2.02. The van der Waals surface area contributed by atoms with Gasteiger partial charge < -0.3 is 10.1 Å². The first-order chi connectivity index (χ1) is 6.79. The van der Waals surface area contributed by atoms with E-state index in [1.165, 1.54) is 26.1 Å². The minimum Gasteiger partial charge on any atom is -0.464 e. The first kappa shape index (κ1) is 8.93. The Bertz CT molecular complexity index is 332. The minimum absolute atomic E-state index is 0.230. The molecule has 0 saturated heterocycles. The van der Waals surface area contributed by atoms with Crippen molar-refractivity contribution in [1.82, 2.24) is 9.97 Å². The van der Waals surface area contributed by atoms with E-state index < -0.39 is 5.97 Å². The van der Waals surface area contributed by atoms with Crippen molar-refractivity contribution in [2.45, 2.75) is 18.9 Å². The van der Waals surface area contributed by atoms with Gasteiger partial charge in [-0.1, -0.05) is 0 Å². The van der Waals surface area contributed by atoms with Crippen LogP contribution in [0.5, 0.6) is 0 Å². The minimum atomic E-state index is -0.463. The summed E-state index contributed by atoms with van der Waals surface area (Å²) in [7, 11) is 1.32. The zero-order valence-corrected chi connectivity index (χ0v) is 7.86. The van der Waals surface area contributed by atoms with Gasteiger partial charge in [0.25, 0.3) is 0 Å². The van der Waals surface area contributed by atoms with Gasteiger partial charge in [-0.05, 0) is 12.8 Å². The summed E-state index contributed by atoms with van der Waals surface area (Å²) in [5.41, 5.74) is 0.230. The molecule has 74 valence electrons. The quantitative estimate of drug-likeness (QED) is 0.720. The summed E-state index contributed by atoms with van der Waals surface area (Å²) in [6, 6.07) is 0.535. The summed E-state index contributed by atoms with van der Waals surface area (Å²) in [5.74, 6) is 0.246. The Morgan fingerprint density at radius 2 is 2.29 bits per heavy atom. The van der Waals surface area contributed by atoms with Crippen LogP contribution in [0, 0.1) is 0 Å². The largest absolute Gasteiger partial charge is 0.464 e. The third-order valence-electron chi connectivity index (χ3n) is 1.98. The fourth-order valence-corrected chi connectivity index (χ4v) is 1.05. The van der Waals surface area contributed by atoms with Crippen LogP contribution in [0.4, 0.5) is 5.82 Å². The van der Waals surface area contributed by atoms with Crippen molar-refractivity contribution in [1.29, 1.82) is 0 Å². The standard InChI is InChI=1S/C9H11N3O2/c1-14-9(13)7-4-11-8(5-10-7)12-6-2-3-6/h4-6H,2-3H2,1H3,(H,11,12). The van der Waals surface area contributed by atoms with Crippen LogP contribution < -0.4 is 5.32 Å². The van der Waals surface area contributed by atoms with Crippen LogP contribution in [-0.4, -0.2) is 29.1 Å². The molecule has 1 aromatic rings.